The zero-order valence-electron chi connectivity index (χ0n) is 10.8. The van der Waals surface area contributed by atoms with E-state index in [9.17, 15) is 9.90 Å². The molecule has 1 aromatic carbocycles. The largest absolute Gasteiger partial charge is 0.387 e. The lowest BCUT2D eigenvalue weighted by Gasteiger charge is -2.14. The molecule has 106 valence electrons. The number of hydrogen-bond donors (Lipinski definition) is 2. The summed E-state index contributed by atoms with van der Waals surface area (Å²) in [6.45, 7) is 2.13. The minimum absolute atomic E-state index is 0.0750. The lowest BCUT2D eigenvalue weighted by atomic mass is 10.1. The molecule has 19 heavy (non-hydrogen) atoms. The summed E-state index contributed by atoms with van der Waals surface area (Å²) in [4.78, 5) is 11.6. The second-order valence-electron chi connectivity index (χ2n) is 4.27. The minimum Gasteiger partial charge on any atom is -0.387 e. The van der Waals surface area contributed by atoms with E-state index >= 15 is 0 Å². The summed E-state index contributed by atoms with van der Waals surface area (Å²) in [5.41, 5.74) is 0.593. The summed E-state index contributed by atoms with van der Waals surface area (Å²) in [6, 6.07) is 4.86. The molecule has 3 nitrogen and oxygen atoms in total. The van der Waals surface area contributed by atoms with Gasteiger partial charge in [-0.25, -0.2) is 0 Å². The highest BCUT2D eigenvalue weighted by molar-refractivity contribution is 7.99. The standard InChI is InChI=1S/C13H17Cl2NO2S/c1-8(19-2)3-13(18)16-7-12(17)9-4-10(14)6-11(15)5-9/h4-6,8,12,17H,3,7H2,1-2H3,(H,16,18). The Kier molecular flexibility index (Phi) is 7.00. The van der Waals surface area contributed by atoms with Gasteiger partial charge in [0.05, 0.1) is 6.10 Å². The topological polar surface area (TPSA) is 49.3 Å². The van der Waals surface area contributed by atoms with Gasteiger partial charge in [-0.1, -0.05) is 30.1 Å². The SMILES string of the molecule is CSC(C)CC(=O)NCC(O)c1cc(Cl)cc(Cl)c1. The monoisotopic (exact) mass is 321 g/mol. The highest BCUT2D eigenvalue weighted by atomic mass is 35.5. The van der Waals surface area contributed by atoms with Crippen molar-refractivity contribution in [3.63, 3.8) is 0 Å². The number of benzene rings is 1. The molecule has 2 unspecified atom stereocenters. The fourth-order valence-corrected chi connectivity index (χ4v) is 2.37. The lowest BCUT2D eigenvalue weighted by Crippen LogP contribution is -2.29. The van der Waals surface area contributed by atoms with Crippen LogP contribution >= 0.6 is 35.0 Å². The van der Waals surface area contributed by atoms with Gasteiger partial charge < -0.3 is 10.4 Å². The van der Waals surface area contributed by atoms with E-state index in [0.717, 1.165) is 0 Å². The van der Waals surface area contributed by atoms with Crippen LogP contribution < -0.4 is 5.32 Å². The molecule has 0 bridgehead atoms. The highest BCUT2D eigenvalue weighted by Gasteiger charge is 2.12. The van der Waals surface area contributed by atoms with Crippen molar-refractivity contribution in [1.82, 2.24) is 5.32 Å². The number of aliphatic hydroxyl groups excluding tert-OH is 1. The van der Waals surface area contributed by atoms with Gasteiger partial charge in [0, 0.05) is 28.3 Å². The Balaban J connectivity index is 2.51. The quantitative estimate of drug-likeness (QED) is 0.845. The maximum atomic E-state index is 11.6. The number of hydrogen-bond acceptors (Lipinski definition) is 3. The molecular weight excluding hydrogens is 305 g/mol. The summed E-state index contributed by atoms with van der Waals surface area (Å²) in [6.07, 6.45) is 1.58. The van der Waals surface area contributed by atoms with Crippen LogP contribution in [0.25, 0.3) is 0 Å². The number of amides is 1. The van der Waals surface area contributed by atoms with E-state index in [1.807, 2.05) is 13.2 Å². The smallest absolute Gasteiger partial charge is 0.221 e. The van der Waals surface area contributed by atoms with Crippen molar-refractivity contribution in [3.05, 3.63) is 33.8 Å². The summed E-state index contributed by atoms with van der Waals surface area (Å²) in [5, 5.41) is 13.9. The number of carbonyl (C=O) groups excluding carboxylic acids is 1. The molecule has 0 saturated heterocycles. The Morgan fingerprint density at radius 2 is 1.95 bits per heavy atom. The van der Waals surface area contributed by atoms with E-state index in [4.69, 9.17) is 23.2 Å². The fraction of sp³-hybridized carbons (Fsp3) is 0.462. The molecule has 0 radical (unpaired) electrons. The van der Waals surface area contributed by atoms with E-state index in [-0.39, 0.29) is 17.7 Å². The van der Waals surface area contributed by atoms with Crippen molar-refractivity contribution in [1.29, 1.82) is 0 Å². The van der Waals surface area contributed by atoms with Crippen LogP contribution in [0.4, 0.5) is 0 Å². The van der Waals surface area contributed by atoms with Gasteiger partial charge in [0.1, 0.15) is 0 Å². The van der Waals surface area contributed by atoms with Gasteiger partial charge in [0.2, 0.25) is 5.91 Å². The van der Waals surface area contributed by atoms with E-state index in [0.29, 0.717) is 22.0 Å². The van der Waals surface area contributed by atoms with E-state index in [1.165, 1.54) is 0 Å². The van der Waals surface area contributed by atoms with Crippen LogP contribution in [0.1, 0.15) is 25.0 Å². The normalized spacial score (nSPS) is 13.9. The predicted octanol–water partition coefficient (Wildman–Crippen LogP) is 3.28. The number of halogens is 2. The zero-order valence-corrected chi connectivity index (χ0v) is 13.1. The molecule has 0 aliphatic rings. The van der Waals surface area contributed by atoms with Crippen LogP contribution in [0, 0.1) is 0 Å². The third-order valence-corrected chi connectivity index (χ3v) is 4.05. The molecule has 0 spiro atoms. The third kappa shape index (κ3) is 6.04. The van der Waals surface area contributed by atoms with Gasteiger partial charge in [-0.05, 0) is 30.0 Å². The first kappa shape index (κ1) is 16.6. The van der Waals surface area contributed by atoms with Crippen LogP contribution in [-0.2, 0) is 4.79 Å². The number of rotatable bonds is 6. The first-order valence-electron chi connectivity index (χ1n) is 5.86. The van der Waals surface area contributed by atoms with Crippen molar-refractivity contribution in [2.75, 3.05) is 12.8 Å². The second-order valence-corrected chi connectivity index (χ2v) is 6.42. The molecule has 0 fully saturated rings. The Morgan fingerprint density at radius 1 is 1.37 bits per heavy atom. The molecule has 1 rings (SSSR count). The molecule has 2 atom stereocenters. The van der Waals surface area contributed by atoms with Crippen LogP contribution in [0.5, 0.6) is 0 Å². The summed E-state index contributed by atoms with van der Waals surface area (Å²) < 4.78 is 0. The van der Waals surface area contributed by atoms with Crippen molar-refractivity contribution in [3.8, 4) is 0 Å². The van der Waals surface area contributed by atoms with Crippen molar-refractivity contribution >= 4 is 40.9 Å². The lowest BCUT2D eigenvalue weighted by molar-refractivity contribution is -0.121. The molecule has 2 N–H and O–H groups in total. The van der Waals surface area contributed by atoms with Gasteiger partial charge in [-0.3, -0.25) is 4.79 Å². The van der Waals surface area contributed by atoms with Crippen LogP contribution in [0.15, 0.2) is 18.2 Å². The van der Waals surface area contributed by atoms with Gasteiger partial charge >= 0.3 is 0 Å². The molecule has 0 aliphatic carbocycles. The summed E-state index contributed by atoms with van der Waals surface area (Å²) in [5.74, 6) is -0.0750. The molecular formula is C13H17Cl2NO2S. The van der Waals surface area contributed by atoms with Crippen LogP contribution in [0.2, 0.25) is 10.0 Å². The molecule has 0 aliphatic heterocycles. The maximum absolute atomic E-state index is 11.6. The summed E-state index contributed by atoms with van der Waals surface area (Å²) in [7, 11) is 0. The third-order valence-electron chi connectivity index (χ3n) is 2.64. The molecule has 0 heterocycles. The number of thioether (sulfide) groups is 1. The van der Waals surface area contributed by atoms with Crippen molar-refractivity contribution in [2.45, 2.75) is 24.7 Å². The minimum atomic E-state index is -0.815. The average molecular weight is 322 g/mol. The van der Waals surface area contributed by atoms with E-state index < -0.39 is 6.10 Å². The van der Waals surface area contributed by atoms with Gasteiger partial charge in [-0.15, -0.1) is 0 Å². The number of aliphatic hydroxyl groups is 1. The molecule has 1 aromatic rings. The van der Waals surface area contributed by atoms with Crippen molar-refractivity contribution < 1.29 is 9.90 Å². The molecule has 0 aromatic heterocycles. The molecule has 6 heteroatoms. The number of nitrogens with one attached hydrogen (secondary N) is 1. The van der Waals surface area contributed by atoms with Gasteiger partial charge in [-0.2, -0.15) is 11.8 Å². The second kappa shape index (κ2) is 8.00. The van der Waals surface area contributed by atoms with Crippen LogP contribution in [0.3, 0.4) is 0 Å². The zero-order chi connectivity index (χ0) is 14.4. The fourth-order valence-electron chi connectivity index (χ4n) is 1.51. The molecule has 1 amide bonds. The average Bonchev–Trinajstić information content (AvgIpc) is 2.34. The Labute approximate surface area is 127 Å². The van der Waals surface area contributed by atoms with Gasteiger partial charge in [0.25, 0.3) is 0 Å². The van der Waals surface area contributed by atoms with Crippen LogP contribution in [-0.4, -0.2) is 29.1 Å². The van der Waals surface area contributed by atoms with E-state index in [2.05, 4.69) is 5.32 Å². The van der Waals surface area contributed by atoms with Crippen molar-refractivity contribution in [2.24, 2.45) is 0 Å². The van der Waals surface area contributed by atoms with E-state index in [1.54, 1.807) is 30.0 Å². The Bertz CT molecular complexity index is 422. The maximum Gasteiger partial charge on any atom is 0.221 e. The first-order valence-corrected chi connectivity index (χ1v) is 7.90. The summed E-state index contributed by atoms with van der Waals surface area (Å²) >= 11 is 13.3. The highest BCUT2D eigenvalue weighted by Crippen LogP contribution is 2.23. The predicted molar refractivity (Wildman–Crippen MR) is 82.0 cm³/mol. The molecule has 0 saturated carbocycles. The Hall–Kier alpha value is -0.420. The first-order chi connectivity index (χ1) is 8.92. The Morgan fingerprint density at radius 3 is 2.47 bits per heavy atom. The van der Waals surface area contributed by atoms with Gasteiger partial charge in [0.15, 0.2) is 0 Å². The number of carbonyl (C=O) groups is 1.